The minimum absolute atomic E-state index is 0.0429. The molecular formula is C25H31N4O2+. The number of likely N-dealkylation sites (tertiary alicyclic amines) is 1. The molecule has 0 unspecified atom stereocenters. The van der Waals surface area contributed by atoms with Crippen LogP contribution in [0.5, 0.6) is 5.75 Å². The van der Waals surface area contributed by atoms with E-state index in [1.54, 1.807) is 18.2 Å². The highest BCUT2D eigenvalue weighted by molar-refractivity contribution is 5.94. The van der Waals surface area contributed by atoms with Gasteiger partial charge in [0.15, 0.2) is 0 Å². The van der Waals surface area contributed by atoms with Gasteiger partial charge in [-0.1, -0.05) is 0 Å². The van der Waals surface area contributed by atoms with Crippen LogP contribution in [0.15, 0.2) is 60.8 Å². The van der Waals surface area contributed by atoms with Gasteiger partial charge in [0.2, 0.25) is 0 Å². The number of quaternary nitrogens is 1. The number of amides is 1. The number of nitrogens with zero attached hydrogens (tertiary/aromatic N) is 2. The van der Waals surface area contributed by atoms with E-state index in [1.807, 2.05) is 54.1 Å². The van der Waals surface area contributed by atoms with Crippen LogP contribution in [0.2, 0.25) is 0 Å². The van der Waals surface area contributed by atoms with Crippen LogP contribution in [0, 0.1) is 6.92 Å². The monoisotopic (exact) mass is 419 g/mol. The molecule has 6 nitrogen and oxygen atoms in total. The van der Waals surface area contributed by atoms with Crippen LogP contribution < -0.4 is 15.0 Å². The molecule has 2 aromatic carbocycles. The summed E-state index contributed by atoms with van der Waals surface area (Å²) >= 11 is 0. The molecule has 1 fully saturated rings. The van der Waals surface area contributed by atoms with Crippen molar-refractivity contribution in [1.82, 2.24) is 15.1 Å². The number of methoxy groups -OCH3 is 1. The number of nitrogens with one attached hydrogen (secondary N) is 2. The minimum Gasteiger partial charge on any atom is -0.497 e. The highest BCUT2D eigenvalue weighted by Crippen LogP contribution is 2.17. The molecule has 1 saturated heterocycles. The van der Waals surface area contributed by atoms with Crippen LogP contribution in [-0.4, -0.2) is 42.4 Å². The summed E-state index contributed by atoms with van der Waals surface area (Å²) in [7, 11) is 1.68. The molecule has 0 saturated carbocycles. The van der Waals surface area contributed by atoms with Crippen molar-refractivity contribution in [3.05, 3.63) is 77.6 Å². The molecular weight excluding hydrogens is 388 g/mol. The standard InChI is InChI=1S/C25H30N4O2/c1-19-14-15-27-29(19)22-10-6-21(7-11-22)25(30)26-18-24(28-16-4-3-5-17-28)20-8-12-23(31-2)13-9-20/h6-15,24H,3-5,16-18H2,1-2H3,(H,26,30)/p+1/t24-/m0/s1. The SMILES string of the molecule is COc1ccc([C@H](CNC(=O)c2ccc(-n3nccc3C)cc2)[NH+]2CCCCC2)cc1. The van der Waals surface area contributed by atoms with Gasteiger partial charge in [-0.15, -0.1) is 0 Å². The predicted octanol–water partition coefficient (Wildman–Crippen LogP) is 2.73. The molecule has 162 valence electrons. The smallest absolute Gasteiger partial charge is 0.251 e. The summed E-state index contributed by atoms with van der Waals surface area (Å²) in [4.78, 5) is 14.4. The molecule has 0 aliphatic carbocycles. The fraction of sp³-hybridized carbons (Fsp3) is 0.360. The molecule has 1 atom stereocenters. The molecule has 1 aliphatic heterocycles. The van der Waals surface area contributed by atoms with Crippen molar-refractivity contribution in [1.29, 1.82) is 0 Å². The maximum Gasteiger partial charge on any atom is 0.251 e. The van der Waals surface area contributed by atoms with Crippen LogP contribution >= 0.6 is 0 Å². The maximum atomic E-state index is 12.9. The van der Waals surface area contributed by atoms with Gasteiger partial charge in [0.05, 0.1) is 32.4 Å². The third kappa shape index (κ3) is 4.97. The van der Waals surface area contributed by atoms with Gasteiger partial charge in [0.25, 0.3) is 5.91 Å². The topological polar surface area (TPSA) is 60.6 Å². The fourth-order valence-corrected chi connectivity index (χ4v) is 4.38. The van der Waals surface area contributed by atoms with E-state index in [1.165, 1.54) is 24.8 Å². The van der Waals surface area contributed by atoms with Crippen LogP contribution in [-0.2, 0) is 0 Å². The summed E-state index contributed by atoms with van der Waals surface area (Å²) in [5.41, 5.74) is 3.91. The molecule has 3 aromatic rings. The Morgan fingerprint density at radius 3 is 2.39 bits per heavy atom. The van der Waals surface area contributed by atoms with Crippen molar-refractivity contribution in [2.24, 2.45) is 0 Å². The van der Waals surface area contributed by atoms with Gasteiger partial charge in [-0.2, -0.15) is 5.10 Å². The van der Waals surface area contributed by atoms with Crippen LogP contribution in [0.3, 0.4) is 0 Å². The Labute approximate surface area is 183 Å². The van der Waals surface area contributed by atoms with E-state index in [9.17, 15) is 4.79 Å². The molecule has 31 heavy (non-hydrogen) atoms. The Bertz CT molecular complexity index is 989. The van der Waals surface area contributed by atoms with Crippen molar-refractivity contribution < 1.29 is 14.4 Å². The Morgan fingerprint density at radius 2 is 1.77 bits per heavy atom. The Hall–Kier alpha value is -3.12. The lowest BCUT2D eigenvalue weighted by atomic mass is 10.0. The lowest BCUT2D eigenvalue weighted by Crippen LogP contribution is -3.13. The van der Waals surface area contributed by atoms with Crippen molar-refractivity contribution in [2.75, 3.05) is 26.7 Å². The Morgan fingerprint density at radius 1 is 1.06 bits per heavy atom. The number of hydrogen-bond acceptors (Lipinski definition) is 3. The highest BCUT2D eigenvalue weighted by atomic mass is 16.5. The van der Waals surface area contributed by atoms with E-state index in [0.717, 1.165) is 30.2 Å². The first kappa shape index (κ1) is 21.1. The molecule has 1 amide bonds. The zero-order valence-electron chi connectivity index (χ0n) is 18.3. The average Bonchev–Trinajstić information content (AvgIpc) is 3.26. The molecule has 0 bridgehead atoms. The third-order valence-electron chi connectivity index (χ3n) is 6.18. The summed E-state index contributed by atoms with van der Waals surface area (Å²) in [6.45, 7) is 4.91. The molecule has 2 N–H and O–H groups in total. The lowest BCUT2D eigenvalue weighted by molar-refractivity contribution is -0.935. The number of benzene rings is 2. The van der Waals surface area contributed by atoms with E-state index in [-0.39, 0.29) is 11.9 Å². The minimum atomic E-state index is -0.0429. The summed E-state index contributed by atoms with van der Waals surface area (Å²) < 4.78 is 7.17. The second-order valence-corrected chi connectivity index (χ2v) is 8.19. The number of rotatable bonds is 7. The van der Waals surface area contributed by atoms with Crippen LogP contribution in [0.1, 0.15) is 46.9 Å². The summed E-state index contributed by atoms with van der Waals surface area (Å²) in [6, 6.07) is 18.1. The number of carbonyl (C=O) groups excluding carboxylic acids is 1. The number of piperidine rings is 1. The molecule has 1 aromatic heterocycles. The number of carbonyl (C=O) groups is 1. The van der Waals surface area contributed by atoms with Gasteiger partial charge in [-0.05, 0) is 80.8 Å². The van der Waals surface area contributed by atoms with E-state index in [4.69, 9.17) is 4.74 Å². The van der Waals surface area contributed by atoms with Gasteiger partial charge >= 0.3 is 0 Å². The molecule has 2 heterocycles. The quantitative estimate of drug-likeness (QED) is 0.619. The summed E-state index contributed by atoms with van der Waals surface area (Å²) in [5.74, 6) is 0.811. The van der Waals surface area contributed by atoms with Gasteiger partial charge in [0, 0.05) is 23.0 Å². The van der Waals surface area contributed by atoms with Crippen molar-refractivity contribution in [3.8, 4) is 11.4 Å². The second kappa shape index (κ2) is 9.79. The van der Waals surface area contributed by atoms with Crippen molar-refractivity contribution >= 4 is 5.91 Å². The van der Waals surface area contributed by atoms with Crippen molar-refractivity contribution in [2.45, 2.75) is 32.2 Å². The molecule has 0 spiro atoms. The first-order valence-electron chi connectivity index (χ1n) is 11.0. The van der Waals surface area contributed by atoms with Gasteiger partial charge in [-0.3, -0.25) is 4.79 Å². The zero-order chi connectivity index (χ0) is 21.6. The predicted molar refractivity (Wildman–Crippen MR) is 121 cm³/mol. The van der Waals surface area contributed by atoms with Gasteiger partial charge in [0.1, 0.15) is 11.8 Å². The Kier molecular flexibility index (Phi) is 6.67. The second-order valence-electron chi connectivity index (χ2n) is 8.19. The van der Waals surface area contributed by atoms with E-state index >= 15 is 0 Å². The maximum absolute atomic E-state index is 12.9. The van der Waals surface area contributed by atoms with Crippen LogP contribution in [0.25, 0.3) is 5.69 Å². The van der Waals surface area contributed by atoms with Gasteiger partial charge in [-0.25, -0.2) is 4.68 Å². The lowest BCUT2D eigenvalue weighted by Gasteiger charge is -2.32. The largest absolute Gasteiger partial charge is 0.497 e. The summed E-state index contributed by atoms with van der Waals surface area (Å²) in [6.07, 6.45) is 5.56. The van der Waals surface area contributed by atoms with E-state index < -0.39 is 0 Å². The molecule has 4 rings (SSSR count). The zero-order valence-corrected chi connectivity index (χ0v) is 18.3. The Balaban J connectivity index is 1.45. The third-order valence-corrected chi connectivity index (χ3v) is 6.18. The normalized spacial score (nSPS) is 15.4. The first-order chi connectivity index (χ1) is 15.2. The van der Waals surface area contributed by atoms with E-state index in [2.05, 4.69) is 22.5 Å². The molecule has 6 heteroatoms. The number of ether oxygens (including phenoxy) is 1. The van der Waals surface area contributed by atoms with Crippen molar-refractivity contribution in [3.63, 3.8) is 0 Å². The van der Waals surface area contributed by atoms with E-state index in [0.29, 0.717) is 12.1 Å². The number of hydrogen-bond donors (Lipinski definition) is 2. The highest BCUT2D eigenvalue weighted by Gasteiger charge is 2.26. The first-order valence-corrected chi connectivity index (χ1v) is 11.0. The van der Waals surface area contributed by atoms with Gasteiger partial charge < -0.3 is 15.0 Å². The average molecular weight is 420 g/mol. The molecule has 1 aliphatic rings. The van der Waals surface area contributed by atoms with Crippen LogP contribution in [0.4, 0.5) is 0 Å². The summed E-state index contributed by atoms with van der Waals surface area (Å²) in [5, 5.41) is 7.50. The number of aryl methyl sites for hydroxylation is 1. The molecule has 0 radical (unpaired) electrons. The fourth-order valence-electron chi connectivity index (χ4n) is 4.38. The number of aromatic nitrogens is 2.